The molecule has 0 saturated carbocycles. The van der Waals surface area contributed by atoms with Gasteiger partial charge in [-0.3, -0.25) is 16.0 Å². The summed E-state index contributed by atoms with van der Waals surface area (Å²) in [6, 6.07) is 0. The highest BCUT2D eigenvalue weighted by Crippen LogP contribution is 2.05. The van der Waals surface area contributed by atoms with E-state index in [9.17, 15) is 0 Å². The van der Waals surface area contributed by atoms with Gasteiger partial charge in [0.05, 0.1) is 0 Å². The van der Waals surface area contributed by atoms with Crippen molar-refractivity contribution in [3.8, 4) is 0 Å². The molecule has 0 radical (unpaired) electrons. The fourth-order valence-corrected chi connectivity index (χ4v) is 1.76. The molecule has 0 aliphatic rings. The summed E-state index contributed by atoms with van der Waals surface area (Å²) in [5.41, 5.74) is 0. The lowest BCUT2D eigenvalue weighted by molar-refractivity contribution is 0.151. The van der Waals surface area contributed by atoms with Crippen molar-refractivity contribution in [3.63, 3.8) is 0 Å². The zero-order valence-electron chi connectivity index (χ0n) is 12.4. The molecule has 0 unspecified atom stereocenters. The maximum absolute atomic E-state index is 5.33. The Bertz CT molecular complexity index is 177. The molecule has 0 amide bonds. The molecular formula is C12H31N3OSi. The van der Waals surface area contributed by atoms with Crippen LogP contribution in [0.4, 0.5) is 0 Å². The van der Waals surface area contributed by atoms with Gasteiger partial charge >= 0.3 is 0 Å². The minimum Gasteiger partial charge on any atom is -0.428 e. The van der Waals surface area contributed by atoms with Crippen LogP contribution in [-0.4, -0.2) is 43.0 Å². The van der Waals surface area contributed by atoms with Crippen LogP contribution in [0.3, 0.4) is 0 Å². The quantitative estimate of drug-likeness (QED) is 0.384. The van der Waals surface area contributed by atoms with Crippen molar-refractivity contribution in [1.29, 1.82) is 0 Å². The van der Waals surface area contributed by atoms with Crippen LogP contribution in [0.2, 0.25) is 0 Å². The van der Waals surface area contributed by atoms with Crippen LogP contribution in [-0.2, 0) is 4.43 Å². The van der Waals surface area contributed by atoms with Gasteiger partial charge in [0.15, 0.2) is 0 Å². The first-order chi connectivity index (χ1) is 7.95. The van der Waals surface area contributed by atoms with Gasteiger partial charge in [0.25, 0.3) is 0 Å². The highest BCUT2D eigenvalue weighted by Gasteiger charge is 2.26. The highest BCUT2D eigenvalue weighted by atomic mass is 28.2. The van der Waals surface area contributed by atoms with E-state index in [4.69, 9.17) is 4.43 Å². The zero-order chi connectivity index (χ0) is 13.3. The molecule has 0 heterocycles. The molecule has 0 bridgehead atoms. The Morgan fingerprint density at radius 1 is 1.06 bits per heavy atom. The summed E-state index contributed by atoms with van der Waals surface area (Å²) in [5.74, 6) is 1.08. The number of hydrogen-bond acceptors (Lipinski definition) is 4. The maximum Gasteiger partial charge on any atom is 0.145 e. The summed E-state index contributed by atoms with van der Waals surface area (Å²) in [6.07, 6.45) is 0.937. The lowest BCUT2D eigenvalue weighted by Gasteiger charge is -2.37. The predicted molar refractivity (Wildman–Crippen MR) is 78.0 cm³/mol. The van der Waals surface area contributed by atoms with Gasteiger partial charge in [-0.05, 0) is 18.9 Å². The summed E-state index contributed by atoms with van der Waals surface area (Å²) in [4.78, 5) is 0. The molecule has 0 aromatic rings. The van der Waals surface area contributed by atoms with E-state index in [1.54, 1.807) is 0 Å². The molecule has 0 atom stereocenters. The number of hydrogen-bond donors (Lipinski definition) is 3. The van der Waals surface area contributed by atoms with Crippen LogP contribution < -0.4 is 16.0 Å². The van der Waals surface area contributed by atoms with Crippen molar-refractivity contribution < 1.29 is 4.43 Å². The van der Waals surface area contributed by atoms with Gasteiger partial charge in [0, 0.05) is 26.1 Å². The molecule has 0 spiro atoms. The molecule has 0 aromatic carbocycles. The van der Waals surface area contributed by atoms with E-state index in [0.29, 0.717) is 11.8 Å². The van der Waals surface area contributed by atoms with Gasteiger partial charge in [-0.15, -0.1) is 0 Å². The molecular weight excluding hydrogens is 230 g/mol. The average Bonchev–Trinajstić information content (AvgIpc) is 2.28. The van der Waals surface area contributed by atoms with Crippen molar-refractivity contribution in [2.45, 2.75) is 39.9 Å². The Morgan fingerprint density at radius 2 is 1.53 bits per heavy atom. The van der Waals surface area contributed by atoms with Crippen LogP contribution in [0.5, 0.6) is 0 Å². The minimum atomic E-state index is -0.195. The third-order valence-electron chi connectivity index (χ3n) is 2.73. The molecule has 0 aliphatic carbocycles. The van der Waals surface area contributed by atoms with Crippen LogP contribution >= 0.6 is 0 Å². The van der Waals surface area contributed by atoms with Crippen molar-refractivity contribution in [3.05, 3.63) is 0 Å². The molecule has 0 saturated heterocycles. The molecule has 104 valence electrons. The molecule has 4 nitrogen and oxygen atoms in total. The van der Waals surface area contributed by atoms with Crippen molar-refractivity contribution in [2.24, 2.45) is 11.8 Å². The van der Waals surface area contributed by atoms with Gasteiger partial charge in [-0.2, -0.15) is 0 Å². The fraction of sp³-hybridized carbons (Fsp3) is 1.00. The SMILES string of the molecule is CNC(CCO[SiH3])(NCC(C)C)NCC(C)C. The maximum atomic E-state index is 5.33. The standard InChI is InChI=1S/C12H31N3OSi/c1-10(2)8-14-12(13-5,6-7-16-17)15-9-11(3)4/h10-11,13-15H,6-9H2,1-5,17H3. The second-order valence-corrected chi connectivity index (χ2v) is 6.02. The van der Waals surface area contributed by atoms with E-state index in [2.05, 4.69) is 43.6 Å². The van der Waals surface area contributed by atoms with Crippen LogP contribution in [0.15, 0.2) is 0 Å². The molecule has 5 heteroatoms. The van der Waals surface area contributed by atoms with E-state index >= 15 is 0 Å². The summed E-state index contributed by atoms with van der Waals surface area (Å²) < 4.78 is 5.33. The summed E-state index contributed by atoms with van der Waals surface area (Å²) >= 11 is 0. The van der Waals surface area contributed by atoms with Gasteiger partial charge in [-0.1, -0.05) is 27.7 Å². The lowest BCUT2D eigenvalue weighted by atomic mass is 10.1. The largest absolute Gasteiger partial charge is 0.428 e. The average molecular weight is 261 g/mol. The van der Waals surface area contributed by atoms with Gasteiger partial charge < -0.3 is 4.43 Å². The molecule has 0 aliphatic heterocycles. The molecule has 17 heavy (non-hydrogen) atoms. The first-order valence-corrected chi connectivity index (χ1v) is 7.45. The van der Waals surface area contributed by atoms with E-state index < -0.39 is 0 Å². The van der Waals surface area contributed by atoms with Gasteiger partial charge in [0.2, 0.25) is 0 Å². The predicted octanol–water partition coefficient (Wildman–Crippen LogP) is 0.0379. The molecule has 0 rings (SSSR count). The Balaban J connectivity index is 4.38. The summed E-state index contributed by atoms with van der Waals surface area (Å²) in [5, 5.41) is 10.5. The summed E-state index contributed by atoms with van der Waals surface area (Å²) in [6.45, 7) is 11.7. The first-order valence-electron chi connectivity index (χ1n) is 6.63. The van der Waals surface area contributed by atoms with Crippen LogP contribution in [0, 0.1) is 11.8 Å². The van der Waals surface area contributed by atoms with Crippen molar-refractivity contribution in [1.82, 2.24) is 16.0 Å². The Labute approximate surface area is 110 Å². The first kappa shape index (κ1) is 17.1. The zero-order valence-corrected chi connectivity index (χ0v) is 14.4. The number of rotatable bonds is 10. The Morgan fingerprint density at radius 3 is 1.82 bits per heavy atom. The third-order valence-corrected chi connectivity index (χ3v) is 3.14. The molecule has 0 fully saturated rings. The van der Waals surface area contributed by atoms with E-state index in [1.807, 2.05) is 7.05 Å². The number of nitrogens with one attached hydrogen (secondary N) is 3. The van der Waals surface area contributed by atoms with Crippen LogP contribution in [0.25, 0.3) is 0 Å². The van der Waals surface area contributed by atoms with Gasteiger partial charge in [-0.25, -0.2) is 0 Å². The second kappa shape index (κ2) is 9.05. The molecule has 3 N–H and O–H groups in total. The van der Waals surface area contributed by atoms with E-state index in [1.165, 1.54) is 0 Å². The van der Waals surface area contributed by atoms with Gasteiger partial charge in [0.1, 0.15) is 16.3 Å². The van der Waals surface area contributed by atoms with Crippen LogP contribution in [0.1, 0.15) is 34.1 Å². The summed E-state index contributed by atoms with van der Waals surface area (Å²) in [7, 11) is 2.80. The minimum absolute atomic E-state index is 0.195. The Kier molecular flexibility index (Phi) is 9.08. The van der Waals surface area contributed by atoms with Crippen molar-refractivity contribution >= 4 is 10.5 Å². The van der Waals surface area contributed by atoms with E-state index in [-0.39, 0.29) is 5.79 Å². The third kappa shape index (κ3) is 7.89. The highest BCUT2D eigenvalue weighted by molar-refractivity contribution is 5.97. The normalized spacial score (nSPS) is 12.9. The second-order valence-electron chi connectivity index (χ2n) is 5.45. The monoisotopic (exact) mass is 261 g/mol. The Hall–Kier alpha value is 0.0569. The topological polar surface area (TPSA) is 45.3 Å². The molecule has 0 aromatic heterocycles. The van der Waals surface area contributed by atoms with E-state index in [0.717, 1.165) is 36.6 Å². The van der Waals surface area contributed by atoms with Crippen molar-refractivity contribution in [2.75, 3.05) is 26.7 Å². The smallest absolute Gasteiger partial charge is 0.145 e. The fourth-order valence-electron chi connectivity index (χ4n) is 1.55. The lowest BCUT2D eigenvalue weighted by Crippen LogP contribution is -2.67.